The molecule has 0 aromatic rings. The molecule has 0 spiro atoms. The summed E-state index contributed by atoms with van der Waals surface area (Å²) in [6, 6.07) is 0. The maximum Gasteiger partial charge on any atom is 0.158 e. The van der Waals surface area contributed by atoms with Gasteiger partial charge in [0.1, 0.15) is 0 Å². The molecular formula is C17H26O2. The standard InChI is InChI=1S/C17H26O2/c1-4-5-13-14-10-12(17(3)11-19-17)6-8-16(14,2)9-7-15(13)18/h12H,4-11H2,1-3H3. The van der Waals surface area contributed by atoms with Crippen molar-refractivity contribution in [3.8, 4) is 0 Å². The smallest absolute Gasteiger partial charge is 0.158 e. The highest BCUT2D eigenvalue weighted by atomic mass is 16.6. The van der Waals surface area contributed by atoms with Gasteiger partial charge in [0.25, 0.3) is 0 Å². The summed E-state index contributed by atoms with van der Waals surface area (Å²) in [5.74, 6) is 1.06. The normalized spacial score (nSPS) is 42.3. The molecule has 0 aromatic carbocycles. The van der Waals surface area contributed by atoms with E-state index < -0.39 is 0 Å². The van der Waals surface area contributed by atoms with Crippen LogP contribution in [0.1, 0.15) is 65.7 Å². The van der Waals surface area contributed by atoms with Crippen molar-refractivity contribution in [1.29, 1.82) is 0 Å². The number of hydrogen-bond acceptors (Lipinski definition) is 2. The van der Waals surface area contributed by atoms with Crippen LogP contribution in [0.25, 0.3) is 0 Å². The van der Waals surface area contributed by atoms with Crippen LogP contribution in [-0.2, 0) is 9.53 Å². The Kier molecular flexibility index (Phi) is 3.12. The summed E-state index contributed by atoms with van der Waals surface area (Å²) in [6.45, 7) is 7.72. The van der Waals surface area contributed by atoms with Crippen LogP contribution in [0.15, 0.2) is 11.1 Å². The van der Waals surface area contributed by atoms with Gasteiger partial charge in [-0.25, -0.2) is 0 Å². The highest BCUT2D eigenvalue weighted by molar-refractivity contribution is 5.97. The lowest BCUT2D eigenvalue weighted by Crippen LogP contribution is -2.37. The van der Waals surface area contributed by atoms with E-state index in [9.17, 15) is 4.79 Å². The minimum absolute atomic E-state index is 0.117. The molecule has 3 rings (SSSR count). The van der Waals surface area contributed by atoms with Crippen LogP contribution in [0, 0.1) is 11.3 Å². The van der Waals surface area contributed by atoms with E-state index in [0.29, 0.717) is 17.1 Å². The third kappa shape index (κ3) is 2.18. The predicted molar refractivity (Wildman–Crippen MR) is 76.0 cm³/mol. The van der Waals surface area contributed by atoms with Crippen molar-refractivity contribution in [3.05, 3.63) is 11.1 Å². The van der Waals surface area contributed by atoms with Crippen LogP contribution in [0.3, 0.4) is 0 Å². The fourth-order valence-corrected chi connectivity index (χ4v) is 4.12. The Morgan fingerprint density at radius 1 is 1.32 bits per heavy atom. The number of allylic oxidation sites excluding steroid dienone is 2. The number of carbonyl (C=O) groups excluding carboxylic acids is 1. The minimum Gasteiger partial charge on any atom is -0.370 e. The molecule has 3 aliphatic rings. The lowest BCUT2D eigenvalue weighted by molar-refractivity contribution is -0.117. The molecule has 2 aliphatic carbocycles. The van der Waals surface area contributed by atoms with Gasteiger partial charge in [-0.2, -0.15) is 0 Å². The van der Waals surface area contributed by atoms with Crippen molar-refractivity contribution in [3.63, 3.8) is 0 Å². The quantitative estimate of drug-likeness (QED) is 0.718. The molecule has 2 fully saturated rings. The average molecular weight is 262 g/mol. The van der Waals surface area contributed by atoms with E-state index in [0.717, 1.165) is 38.7 Å². The summed E-state index contributed by atoms with van der Waals surface area (Å²) in [7, 11) is 0. The fourth-order valence-electron chi connectivity index (χ4n) is 4.12. The van der Waals surface area contributed by atoms with Crippen LogP contribution in [0.5, 0.6) is 0 Å². The zero-order valence-corrected chi connectivity index (χ0v) is 12.6. The first-order chi connectivity index (χ1) is 8.98. The second kappa shape index (κ2) is 4.44. The monoisotopic (exact) mass is 262 g/mol. The second-order valence-corrected chi connectivity index (χ2v) is 7.23. The first kappa shape index (κ1) is 13.4. The Hall–Kier alpha value is -0.630. The Bertz CT molecular complexity index is 431. The molecule has 2 nitrogen and oxygen atoms in total. The zero-order valence-electron chi connectivity index (χ0n) is 12.6. The van der Waals surface area contributed by atoms with Crippen LogP contribution < -0.4 is 0 Å². The van der Waals surface area contributed by atoms with E-state index in [2.05, 4.69) is 20.8 Å². The number of ketones is 1. The maximum atomic E-state index is 12.3. The van der Waals surface area contributed by atoms with Gasteiger partial charge in [-0.05, 0) is 55.9 Å². The van der Waals surface area contributed by atoms with Gasteiger partial charge >= 0.3 is 0 Å². The fraction of sp³-hybridized carbons (Fsp3) is 0.824. The Morgan fingerprint density at radius 3 is 2.68 bits per heavy atom. The molecular weight excluding hydrogens is 236 g/mol. The van der Waals surface area contributed by atoms with Crippen molar-refractivity contribution in [1.82, 2.24) is 0 Å². The van der Waals surface area contributed by atoms with Crippen LogP contribution in [0.4, 0.5) is 0 Å². The highest BCUT2D eigenvalue weighted by Gasteiger charge is 2.51. The van der Waals surface area contributed by atoms with Gasteiger partial charge in [-0.1, -0.05) is 25.8 Å². The van der Waals surface area contributed by atoms with E-state index in [-0.39, 0.29) is 5.60 Å². The first-order valence-corrected chi connectivity index (χ1v) is 7.88. The SMILES string of the molecule is CCCC1=C2CC(C3(C)CO3)CCC2(C)CCC1=O. The van der Waals surface area contributed by atoms with E-state index in [1.54, 1.807) is 0 Å². The summed E-state index contributed by atoms with van der Waals surface area (Å²) >= 11 is 0. The zero-order chi connectivity index (χ0) is 13.7. The molecule has 3 atom stereocenters. The molecule has 0 bridgehead atoms. The van der Waals surface area contributed by atoms with Crippen molar-refractivity contribution in [2.24, 2.45) is 11.3 Å². The van der Waals surface area contributed by atoms with Gasteiger partial charge < -0.3 is 4.74 Å². The molecule has 19 heavy (non-hydrogen) atoms. The number of Topliss-reactive ketones (excluding diaryl/α,β-unsaturated/α-hetero) is 1. The van der Waals surface area contributed by atoms with Gasteiger partial charge in [0.05, 0.1) is 12.2 Å². The van der Waals surface area contributed by atoms with Gasteiger partial charge in [0.2, 0.25) is 0 Å². The van der Waals surface area contributed by atoms with Crippen LogP contribution in [-0.4, -0.2) is 18.0 Å². The van der Waals surface area contributed by atoms with E-state index >= 15 is 0 Å². The maximum absolute atomic E-state index is 12.3. The van der Waals surface area contributed by atoms with Crippen molar-refractivity contribution in [2.75, 3.05) is 6.61 Å². The molecule has 3 unspecified atom stereocenters. The third-order valence-corrected chi connectivity index (χ3v) is 5.79. The largest absolute Gasteiger partial charge is 0.370 e. The summed E-state index contributed by atoms with van der Waals surface area (Å²) in [4.78, 5) is 12.3. The summed E-state index contributed by atoms with van der Waals surface area (Å²) in [5.41, 5.74) is 3.11. The van der Waals surface area contributed by atoms with E-state index in [1.165, 1.54) is 24.0 Å². The van der Waals surface area contributed by atoms with Gasteiger partial charge in [-0.15, -0.1) is 0 Å². The summed E-state index contributed by atoms with van der Waals surface area (Å²) < 4.78 is 5.66. The minimum atomic E-state index is 0.117. The van der Waals surface area contributed by atoms with Crippen LogP contribution >= 0.6 is 0 Å². The number of rotatable bonds is 3. The molecule has 106 valence electrons. The molecule has 1 saturated carbocycles. The lowest BCUT2D eigenvalue weighted by atomic mass is 9.59. The molecule has 1 saturated heterocycles. The molecule has 1 aliphatic heterocycles. The molecule has 0 radical (unpaired) electrons. The van der Waals surface area contributed by atoms with Gasteiger partial charge in [0, 0.05) is 6.42 Å². The van der Waals surface area contributed by atoms with E-state index in [1.807, 2.05) is 0 Å². The second-order valence-electron chi connectivity index (χ2n) is 7.23. The highest BCUT2D eigenvalue weighted by Crippen LogP contribution is 2.55. The summed E-state index contributed by atoms with van der Waals surface area (Å²) in [6.07, 6.45) is 7.52. The first-order valence-electron chi connectivity index (χ1n) is 7.88. The summed E-state index contributed by atoms with van der Waals surface area (Å²) in [5, 5.41) is 0. The van der Waals surface area contributed by atoms with Crippen molar-refractivity contribution in [2.45, 2.75) is 71.3 Å². The number of epoxide rings is 1. The van der Waals surface area contributed by atoms with Crippen LogP contribution in [0.2, 0.25) is 0 Å². The third-order valence-electron chi connectivity index (χ3n) is 5.79. The molecule has 0 amide bonds. The number of hydrogen-bond donors (Lipinski definition) is 0. The van der Waals surface area contributed by atoms with Gasteiger partial charge in [0.15, 0.2) is 5.78 Å². The number of carbonyl (C=O) groups is 1. The Labute approximate surface area is 116 Å². The Balaban J connectivity index is 1.93. The molecule has 0 aromatic heterocycles. The molecule has 1 heterocycles. The Morgan fingerprint density at radius 2 is 2.05 bits per heavy atom. The van der Waals surface area contributed by atoms with Crippen molar-refractivity contribution < 1.29 is 9.53 Å². The number of ether oxygens (including phenoxy) is 1. The topological polar surface area (TPSA) is 29.6 Å². The number of fused-ring (bicyclic) bond motifs is 1. The predicted octanol–water partition coefficient (Wildman–Crippen LogP) is 4.04. The average Bonchev–Trinajstić information content (AvgIpc) is 3.12. The van der Waals surface area contributed by atoms with Gasteiger partial charge in [-0.3, -0.25) is 4.79 Å². The lowest BCUT2D eigenvalue weighted by Gasteiger charge is -2.45. The molecule has 0 N–H and O–H groups in total. The molecule has 2 heteroatoms. The van der Waals surface area contributed by atoms with Crippen molar-refractivity contribution >= 4 is 5.78 Å². The van der Waals surface area contributed by atoms with E-state index in [4.69, 9.17) is 4.74 Å².